The highest BCUT2D eigenvalue weighted by molar-refractivity contribution is 6.74. The molecular formula is C19H34O5Si. The van der Waals surface area contributed by atoms with E-state index in [1.165, 1.54) is 0 Å². The van der Waals surface area contributed by atoms with E-state index in [0.29, 0.717) is 19.5 Å². The third kappa shape index (κ3) is 5.15. The summed E-state index contributed by atoms with van der Waals surface area (Å²) in [6.45, 7) is 17.1. The molecule has 1 aliphatic heterocycles. The molecule has 1 unspecified atom stereocenters. The van der Waals surface area contributed by atoms with E-state index in [1.807, 2.05) is 0 Å². The summed E-state index contributed by atoms with van der Waals surface area (Å²) in [5.41, 5.74) is 0.895. The molecule has 144 valence electrons. The standard InChI is InChI=1S/C19H34O5Si/c1-14-15(12-23-25(5,6)19(2,3)4)17(11-16(14)22-13-20)24-18-9-7-8-10-21-18/h13,15-18H,1,7-12H2,2-6H3/t15-,16+,17-,18?/m0/s1. The Balaban J connectivity index is 2.03. The maximum atomic E-state index is 10.8. The zero-order chi connectivity index (χ0) is 18.7. The Labute approximate surface area is 153 Å². The lowest BCUT2D eigenvalue weighted by molar-refractivity contribution is -0.195. The fraction of sp³-hybridized carbons (Fsp3) is 0.842. The van der Waals surface area contributed by atoms with Gasteiger partial charge in [0.15, 0.2) is 14.6 Å². The van der Waals surface area contributed by atoms with Crippen molar-refractivity contribution in [3.8, 4) is 0 Å². The Hall–Kier alpha value is -0.693. The number of ether oxygens (including phenoxy) is 3. The van der Waals surface area contributed by atoms with Crippen LogP contribution in [0.1, 0.15) is 46.5 Å². The van der Waals surface area contributed by atoms with Gasteiger partial charge in [0.25, 0.3) is 6.47 Å². The van der Waals surface area contributed by atoms with E-state index in [0.717, 1.165) is 31.4 Å². The van der Waals surface area contributed by atoms with Crippen LogP contribution in [-0.4, -0.2) is 46.5 Å². The minimum Gasteiger partial charge on any atom is -0.460 e. The molecule has 0 spiro atoms. The lowest BCUT2D eigenvalue weighted by Gasteiger charge is -2.38. The summed E-state index contributed by atoms with van der Waals surface area (Å²) in [5, 5.41) is 0.147. The number of carbonyl (C=O) groups excluding carboxylic acids is 1. The molecule has 2 fully saturated rings. The van der Waals surface area contributed by atoms with Gasteiger partial charge in [0.05, 0.1) is 6.10 Å². The second-order valence-corrected chi connectivity index (χ2v) is 13.5. The van der Waals surface area contributed by atoms with Crippen LogP contribution in [0.5, 0.6) is 0 Å². The Bertz CT molecular complexity index is 465. The summed E-state index contributed by atoms with van der Waals surface area (Å²) in [7, 11) is -1.86. The van der Waals surface area contributed by atoms with Crippen LogP contribution in [0.2, 0.25) is 18.1 Å². The van der Waals surface area contributed by atoms with Gasteiger partial charge in [-0.2, -0.15) is 0 Å². The van der Waals surface area contributed by atoms with E-state index >= 15 is 0 Å². The maximum Gasteiger partial charge on any atom is 0.293 e. The van der Waals surface area contributed by atoms with Crippen LogP contribution >= 0.6 is 0 Å². The Kier molecular flexibility index (Phi) is 6.87. The third-order valence-corrected chi connectivity index (χ3v) is 10.4. The summed E-state index contributed by atoms with van der Waals surface area (Å²) < 4.78 is 23.6. The Morgan fingerprint density at radius 3 is 2.60 bits per heavy atom. The molecule has 1 saturated heterocycles. The van der Waals surface area contributed by atoms with Gasteiger partial charge in [0, 0.05) is 25.6 Å². The van der Waals surface area contributed by atoms with Crippen molar-refractivity contribution in [2.45, 2.75) is 83.1 Å². The molecule has 25 heavy (non-hydrogen) atoms. The van der Waals surface area contributed by atoms with E-state index < -0.39 is 8.32 Å². The van der Waals surface area contributed by atoms with Crippen molar-refractivity contribution in [1.29, 1.82) is 0 Å². The molecule has 0 aromatic heterocycles. The van der Waals surface area contributed by atoms with E-state index in [2.05, 4.69) is 40.4 Å². The smallest absolute Gasteiger partial charge is 0.293 e. The Morgan fingerprint density at radius 1 is 1.32 bits per heavy atom. The molecule has 2 rings (SSSR count). The lowest BCUT2D eigenvalue weighted by Crippen LogP contribution is -2.43. The molecule has 4 atom stereocenters. The predicted molar refractivity (Wildman–Crippen MR) is 99.8 cm³/mol. The molecule has 1 aliphatic carbocycles. The molecule has 0 bridgehead atoms. The first-order chi connectivity index (χ1) is 11.7. The number of hydrogen-bond donors (Lipinski definition) is 0. The molecule has 0 aromatic carbocycles. The topological polar surface area (TPSA) is 54.0 Å². The monoisotopic (exact) mass is 370 g/mol. The highest BCUT2D eigenvalue weighted by Gasteiger charge is 2.44. The van der Waals surface area contributed by atoms with Gasteiger partial charge in [-0.15, -0.1) is 0 Å². The fourth-order valence-electron chi connectivity index (χ4n) is 3.11. The minimum atomic E-state index is -1.86. The second-order valence-electron chi connectivity index (χ2n) is 8.68. The molecule has 6 heteroatoms. The fourth-order valence-corrected chi connectivity index (χ4v) is 4.14. The molecule has 0 N–H and O–H groups in total. The second kappa shape index (κ2) is 8.33. The van der Waals surface area contributed by atoms with Gasteiger partial charge in [-0.25, -0.2) is 0 Å². The summed E-state index contributed by atoms with van der Waals surface area (Å²) in [5.74, 6) is 0.0320. The molecule has 0 radical (unpaired) electrons. The average molecular weight is 371 g/mol. The van der Waals surface area contributed by atoms with Crippen molar-refractivity contribution in [1.82, 2.24) is 0 Å². The van der Waals surface area contributed by atoms with Crippen molar-refractivity contribution < 1.29 is 23.4 Å². The van der Waals surface area contributed by atoms with Gasteiger partial charge in [0.2, 0.25) is 0 Å². The van der Waals surface area contributed by atoms with Crippen molar-refractivity contribution in [2.75, 3.05) is 13.2 Å². The molecule has 2 aliphatic rings. The van der Waals surface area contributed by atoms with Gasteiger partial charge in [-0.05, 0) is 43.0 Å². The van der Waals surface area contributed by atoms with Crippen LogP contribution in [0.4, 0.5) is 0 Å². The summed E-state index contributed by atoms with van der Waals surface area (Å²) in [4.78, 5) is 10.8. The molecule has 1 heterocycles. The first-order valence-corrected chi connectivity index (χ1v) is 12.3. The molecular weight excluding hydrogens is 336 g/mol. The highest BCUT2D eigenvalue weighted by Crippen LogP contribution is 2.40. The number of rotatable bonds is 7. The van der Waals surface area contributed by atoms with Crippen LogP contribution in [0, 0.1) is 5.92 Å². The van der Waals surface area contributed by atoms with Gasteiger partial charge in [0.1, 0.15) is 6.10 Å². The quantitative estimate of drug-likeness (QED) is 0.385. The van der Waals surface area contributed by atoms with Gasteiger partial charge < -0.3 is 18.6 Å². The number of hydrogen-bond acceptors (Lipinski definition) is 5. The Morgan fingerprint density at radius 2 is 2.04 bits per heavy atom. The van der Waals surface area contributed by atoms with E-state index in [4.69, 9.17) is 18.6 Å². The van der Waals surface area contributed by atoms with Crippen LogP contribution in [0.25, 0.3) is 0 Å². The lowest BCUT2D eigenvalue weighted by atomic mass is 10.0. The van der Waals surface area contributed by atoms with Crippen molar-refractivity contribution >= 4 is 14.8 Å². The zero-order valence-corrected chi connectivity index (χ0v) is 17.4. The first kappa shape index (κ1) is 20.6. The van der Waals surface area contributed by atoms with Crippen LogP contribution in [0.3, 0.4) is 0 Å². The first-order valence-electron chi connectivity index (χ1n) is 9.34. The third-order valence-electron chi connectivity index (χ3n) is 5.90. The minimum absolute atomic E-state index is 0.0320. The van der Waals surface area contributed by atoms with E-state index in [9.17, 15) is 4.79 Å². The van der Waals surface area contributed by atoms with Gasteiger partial charge in [-0.1, -0.05) is 27.4 Å². The summed E-state index contributed by atoms with van der Waals surface area (Å²) in [6.07, 6.45) is 3.21. The van der Waals surface area contributed by atoms with E-state index in [1.54, 1.807) is 0 Å². The van der Waals surface area contributed by atoms with Crippen molar-refractivity contribution in [3.63, 3.8) is 0 Å². The predicted octanol–water partition coefficient (Wildman–Crippen LogP) is 4.04. The normalized spacial score (nSPS) is 31.2. The number of carbonyl (C=O) groups is 1. The zero-order valence-electron chi connectivity index (χ0n) is 16.4. The van der Waals surface area contributed by atoms with Crippen molar-refractivity contribution in [3.05, 3.63) is 12.2 Å². The molecule has 0 amide bonds. The van der Waals surface area contributed by atoms with E-state index in [-0.39, 0.29) is 29.5 Å². The average Bonchev–Trinajstić information content (AvgIpc) is 2.81. The van der Waals surface area contributed by atoms with Crippen molar-refractivity contribution in [2.24, 2.45) is 5.92 Å². The van der Waals surface area contributed by atoms with Gasteiger partial charge in [-0.3, -0.25) is 4.79 Å². The molecule has 0 aromatic rings. The largest absolute Gasteiger partial charge is 0.460 e. The van der Waals surface area contributed by atoms with Crippen LogP contribution < -0.4 is 0 Å². The van der Waals surface area contributed by atoms with Gasteiger partial charge >= 0.3 is 0 Å². The summed E-state index contributed by atoms with van der Waals surface area (Å²) >= 11 is 0. The summed E-state index contributed by atoms with van der Waals surface area (Å²) in [6, 6.07) is 0. The highest BCUT2D eigenvalue weighted by atomic mass is 28.4. The molecule has 5 nitrogen and oxygen atoms in total. The SMILES string of the molecule is C=C1[C@H](OC=O)C[C@H](OC2CCCCO2)[C@H]1CO[Si](C)(C)C(C)(C)C. The van der Waals surface area contributed by atoms with Crippen LogP contribution in [-0.2, 0) is 23.4 Å². The molecule has 1 saturated carbocycles. The van der Waals surface area contributed by atoms with Crippen LogP contribution in [0.15, 0.2) is 12.2 Å². The maximum absolute atomic E-state index is 10.8.